The van der Waals surface area contributed by atoms with Gasteiger partial charge in [0, 0.05) is 5.56 Å². The molecule has 2 rings (SSSR count). The maximum absolute atomic E-state index is 13.2. The molecule has 0 amide bonds. The number of ketones is 1. The van der Waals surface area contributed by atoms with Crippen LogP contribution in [0.25, 0.3) is 0 Å². The van der Waals surface area contributed by atoms with Crippen molar-refractivity contribution in [3.8, 4) is 0 Å². The largest absolute Gasteiger partial charge is 0.460 e. The van der Waals surface area contributed by atoms with Gasteiger partial charge in [-0.2, -0.15) is 0 Å². The summed E-state index contributed by atoms with van der Waals surface area (Å²) in [6, 6.07) is 5.64. The van der Waals surface area contributed by atoms with Crippen LogP contribution in [0.2, 0.25) is 5.02 Å². The summed E-state index contributed by atoms with van der Waals surface area (Å²) >= 11 is 8.86. The highest BCUT2D eigenvalue weighted by Crippen LogP contribution is 2.26. The molecule has 1 heterocycles. The van der Waals surface area contributed by atoms with E-state index in [1.165, 1.54) is 24.5 Å². The lowest BCUT2D eigenvalue weighted by molar-refractivity contribution is 0.101. The lowest BCUT2D eigenvalue weighted by atomic mass is 10.1. The Kier molecular flexibility index (Phi) is 3.12. The summed E-state index contributed by atoms with van der Waals surface area (Å²) in [5.41, 5.74) is 0.0808. The highest BCUT2D eigenvalue weighted by Gasteiger charge is 2.20. The first-order valence-electron chi connectivity index (χ1n) is 4.33. The van der Waals surface area contributed by atoms with Crippen molar-refractivity contribution in [1.82, 2.24) is 0 Å². The fourth-order valence-corrected chi connectivity index (χ4v) is 1.85. The molecule has 0 aliphatic carbocycles. The van der Waals surface area contributed by atoms with Gasteiger partial charge in [0.1, 0.15) is 5.82 Å². The van der Waals surface area contributed by atoms with E-state index in [-0.39, 0.29) is 16.3 Å². The quantitative estimate of drug-likeness (QED) is 0.783. The van der Waals surface area contributed by atoms with Gasteiger partial charge in [-0.05, 0) is 34.1 Å². The van der Waals surface area contributed by atoms with Crippen molar-refractivity contribution < 1.29 is 13.6 Å². The molecular weight excluding hydrogens is 298 g/mol. The first-order chi connectivity index (χ1) is 7.61. The summed E-state index contributed by atoms with van der Waals surface area (Å²) in [4.78, 5) is 11.9. The average molecular weight is 304 g/mol. The van der Waals surface area contributed by atoms with Crippen molar-refractivity contribution >= 4 is 33.3 Å². The van der Waals surface area contributed by atoms with Crippen LogP contribution >= 0.6 is 27.5 Å². The number of carbonyl (C=O) groups excluding carboxylic acids is 1. The molecule has 1 aromatic carbocycles. The Bertz CT molecular complexity index is 551. The normalized spacial score (nSPS) is 10.4. The van der Waals surface area contributed by atoms with E-state index in [0.717, 1.165) is 0 Å². The van der Waals surface area contributed by atoms with E-state index in [1.54, 1.807) is 6.07 Å². The standard InChI is InChI=1S/C11H5BrClFO2/c12-7-4-5-16-11(7)10(15)6-2-1-3-8(14)9(6)13/h1-5H. The number of hydrogen-bond acceptors (Lipinski definition) is 2. The number of carbonyl (C=O) groups is 1. The Balaban J connectivity index is 2.50. The predicted molar refractivity (Wildman–Crippen MR) is 61.3 cm³/mol. The van der Waals surface area contributed by atoms with Crippen LogP contribution in [-0.4, -0.2) is 5.78 Å². The summed E-state index contributed by atoms with van der Waals surface area (Å²) in [7, 11) is 0. The van der Waals surface area contributed by atoms with Crippen molar-refractivity contribution in [3.63, 3.8) is 0 Å². The summed E-state index contributed by atoms with van der Waals surface area (Å²) < 4.78 is 18.7. The number of halogens is 3. The van der Waals surface area contributed by atoms with Gasteiger partial charge < -0.3 is 4.42 Å². The molecule has 0 aliphatic rings. The molecule has 2 nitrogen and oxygen atoms in total. The summed E-state index contributed by atoms with van der Waals surface area (Å²) in [5, 5.41) is -0.198. The lowest BCUT2D eigenvalue weighted by Crippen LogP contribution is -2.02. The number of rotatable bonds is 2. The molecule has 0 unspecified atom stereocenters. The molecule has 0 radical (unpaired) electrons. The summed E-state index contributed by atoms with van der Waals surface area (Å²) in [6.45, 7) is 0. The Labute approximate surface area is 104 Å². The first kappa shape index (κ1) is 11.4. The zero-order chi connectivity index (χ0) is 11.7. The number of hydrogen-bond donors (Lipinski definition) is 0. The van der Waals surface area contributed by atoms with Gasteiger partial charge in [-0.15, -0.1) is 0 Å². The van der Waals surface area contributed by atoms with Gasteiger partial charge in [0.25, 0.3) is 0 Å². The summed E-state index contributed by atoms with van der Waals surface area (Å²) in [6.07, 6.45) is 1.37. The van der Waals surface area contributed by atoms with Gasteiger partial charge in [-0.25, -0.2) is 4.39 Å². The molecule has 0 saturated carbocycles. The van der Waals surface area contributed by atoms with Crippen molar-refractivity contribution in [2.45, 2.75) is 0 Å². The van der Waals surface area contributed by atoms with Crippen molar-refractivity contribution in [2.75, 3.05) is 0 Å². The molecule has 0 fully saturated rings. The molecule has 5 heteroatoms. The highest BCUT2D eigenvalue weighted by atomic mass is 79.9. The third-order valence-corrected chi connectivity index (χ3v) is 3.03. The second-order valence-corrected chi connectivity index (χ2v) is 4.26. The second kappa shape index (κ2) is 4.39. The van der Waals surface area contributed by atoms with E-state index < -0.39 is 11.6 Å². The smallest absolute Gasteiger partial charge is 0.230 e. The second-order valence-electron chi connectivity index (χ2n) is 3.03. The lowest BCUT2D eigenvalue weighted by Gasteiger charge is -2.02. The molecule has 0 aliphatic heterocycles. The monoisotopic (exact) mass is 302 g/mol. The summed E-state index contributed by atoms with van der Waals surface area (Å²) in [5.74, 6) is -0.982. The van der Waals surface area contributed by atoms with Gasteiger partial charge >= 0.3 is 0 Å². The molecule has 82 valence electrons. The molecule has 0 bridgehead atoms. The Morgan fingerprint density at radius 2 is 2.12 bits per heavy atom. The van der Waals surface area contributed by atoms with Crippen LogP contribution < -0.4 is 0 Å². The van der Waals surface area contributed by atoms with Crippen molar-refractivity contribution in [1.29, 1.82) is 0 Å². The van der Waals surface area contributed by atoms with Crippen LogP contribution in [0.4, 0.5) is 4.39 Å². The van der Waals surface area contributed by atoms with E-state index in [0.29, 0.717) is 4.47 Å². The van der Waals surface area contributed by atoms with Gasteiger partial charge in [-0.3, -0.25) is 4.79 Å². The minimum atomic E-state index is -0.629. The minimum absolute atomic E-state index is 0.0808. The van der Waals surface area contributed by atoms with Crippen molar-refractivity contribution in [2.24, 2.45) is 0 Å². The van der Waals surface area contributed by atoms with Crippen LogP contribution in [0, 0.1) is 5.82 Å². The van der Waals surface area contributed by atoms with E-state index in [1.807, 2.05) is 0 Å². The average Bonchev–Trinajstić information content (AvgIpc) is 2.68. The van der Waals surface area contributed by atoms with Crippen LogP contribution in [0.1, 0.15) is 16.1 Å². The Hall–Kier alpha value is -1.13. The molecule has 0 atom stereocenters. The van der Waals surface area contributed by atoms with Gasteiger partial charge in [0.15, 0.2) is 5.76 Å². The number of furan rings is 1. The molecule has 0 spiro atoms. The van der Waals surface area contributed by atoms with Crippen LogP contribution in [0.3, 0.4) is 0 Å². The van der Waals surface area contributed by atoms with Crippen LogP contribution in [0.15, 0.2) is 39.4 Å². The Morgan fingerprint density at radius 3 is 2.75 bits per heavy atom. The van der Waals surface area contributed by atoms with E-state index in [9.17, 15) is 9.18 Å². The molecular formula is C11H5BrClFO2. The zero-order valence-electron chi connectivity index (χ0n) is 7.84. The topological polar surface area (TPSA) is 30.2 Å². The fourth-order valence-electron chi connectivity index (χ4n) is 1.26. The minimum Gasteiger partial charge on any atom is -0.460 e. The van der Waals surface area contributed by atoms with E-state index >= 15 is 0 Å². The van der Waals surface area contributed by atoms with Gasteiger partial charge in [0.05, 0.1) is 15.8 Å². The first-order valence-corrected chi connectivity index (χ1v) is 5.50. The highest BCUT2D eigenvalue weighted by molar-refractivity contribution is 9.10. The molecule has 0 saturated heterocycles. The fraction of sp³-hybridized carbons (Fsp3) is 0. The van der Waals surface area contributed by atoms with E-state index in [2.05, 4.69) is 15.9 Å². The van der Waals surface area contributed by atoms with Crippen LogP contribution in [-0.2, 0) is 0 Å². The molecule has 2 aromatic rings. The number of benzene rings is 1. The molecule has 16 heavy (non-hydrogen) atoms. The zero-order valence-corrected chi connectivity index (χ0v) is 10.2. The van der Waals surface area contributed by atoms with E-state index in [4.69, 9.17) is 16.0 Å². The molecule has 0 N–H and O–H groups in total. The van der Waals surface area contributed by atoms with Crippen LogP contribution in [0.5, 0.6) is 0 Å². The molecule has 1 aromatic heterocycles. The maximum Gasteiger partial charge on any atom is 0.230 e. The van der Waals surface area contributed by atoms with Gasteiger partial charge in [-0.1, -0.05) is 17.7 Å². The third kappa shape index (κ3) is 1.90. The third-order valence-electron chi connectivity index (χ3n) is 2.02. The Morgan fingerprint density at radius 1 is 1.38 bits per heavy atom. The van der Waals surface area contributed by atoms with Gasteiger partial charge in [0.2, 0.25) is 5.78 Å². The SMILES string of the molecule is O=C(c1cccc(F)c1Cl)c1occc1Br. The maximum atomic E-state index is 13.2. The van der Waals surface area contributed by atoms with Crippen molar-refractivity contribution in [3.05, 3.63) is 57.2 Å². The predicted octanol–water partition coefficient (Wildman–Crippen LogP) is 4.07.